The van der Waals surface area contributed by atoms with E-state index in [0.717, 1.165) is 26.9 Å². The van der Waals surface area contributed by atoms with Gasteiger partial charge in [-0.2, -0.15) is 0 Å². The van der Waals surface area contributed by atoms with Crippen LogP contribution in [0.3, 0.4) is 0 Å². The summed E-state index contributed by atoms with van der Waals surface area (Å²) in [6, 6.07) is 13.7. The van der Waals surface area contributed by atoms with Crippen molar-refractivity contribution in [2.45, 2.75) is 4.90 Å². The predicted octanol–water partition coefficient (Wildman–Crippen LogP) is 3.28. The molecule has 17 heavy (non-hydrogen) atoms. The van der Waals surface area contributed by atoms with E-state index < -0.39 is 0 Å². The van der Waals surface area contributed by atoms with Gasteiger partial charge in [0.1, 0.15) is 5.52 Å². The summed E-state index contributed by atoms with van der Waals surface area (Å²) in [5, 5.41) is 1.01. The lowest BCUT2D eigenvalue weighted by molar-refractivity contribution is 0.620. The van der Waals surface area contributed by atoms with E-state index in [0.29, 0.717) is 5.89 Å². The number of rotatable bonds is 1. The van der Waals surface area contributed by atoms with Crippen LogP contribution in [0.1, 0.15) is 0 Å². The van der Waals surface area contributed by atoms with Crippen LogP contribution in [0, 0.1) is 0 Å². The maximum atomic E-state index is 5.73. The third kappa shape index (κ3) is 1.97. The monoisotopic (exact) mass is 259 g/mol. The minimum absolute atomic E-state index is 0.643. The molecule has 84 valence electrons. The molecule has 0 aliphatic heterocycles. The van der Waals surface area contributed by atoms with E-state index in [9.17, 15) is 0 Å². The highest BCUT2D eigenvalue weighted by molar-refractivity contribution is 7.80. The van der Waals surface area contributed by atoms with Crippen molar-refractivity contribution in [1.29, 1.82) is 0 Å². The Morgan fingerprint density at radius 3 is 2.65 bits per heavy atom. The Hall–Kier alpha value is -1.31. The maximum absolute atomic E-state index is 5.73. The zero-order valence-corrected chi connectivity index (χ0v) is 11.0. The SMILES string of the molecule is Pc1cc2oc(-c3ccccc3)nc2cc1S. The summed E-state index contributed by atoms with van der Waals surface area (Å²) in [6.07, 6.45) is 0. The van der Waals surface area contributed by atoms with Crippen molar-refractivity contribution >= 4 is 38.3 Å². The number of fused-ring (bicyclic) bond motifs is 1. The van der Waals surface area contributed by atoms with Crippen LogP contribution in [-0.4, -0.2) is 4.98 Å². The molecule has 0 radical (unpaired) electrons. The van der Waals surface area contributed by atoms with Crippen LogP contribution in [0.5, 0.6) is 0 Å². The number of nitrogens with zero attached hydrogens (tertiary/aromatic N) is 1. The van der Waals surface area contributed by atoms with Gasteiger partial charge in [-0.15, -0.1) is 21.9 Å². The summed E-state index contributed by atoms with van der Waals surface area (Å²) < 4.78 is 5.73. The van der Waals surface area contributed by atoms with Gasteiger partial charge in [0.2, 0.25) is 5.89 Å². The van der Waals surface area contributed by atoms with Crippen LogP contribution in [-0.2, 0) is 0 Å². The zero-order valence-electron chi connectivity index (χ0n) is 8.92. The van der Waals surface area contributed by atoms with Gasteiger partial charge in [-0.3, -0.25) is 0 Å². The van der Waals surface area contributed by atoms with Crippen LogP contribution >= 0.6 is 21.9 Å². The first-order valence-corrected chi connectivity index (χ1v) is 6.21. The Morgan fingerprint density at radius 1 is 1.12 bits per heavy atom. The van der Waals surface area contributed by atoms with Crippen LogP contribution in [0.2, 0.25) is 0 Å². The van der Waals surface area contributed by atoms with Crippen LogP contribution in [0.25, 0.3) is 22.6 Å². The highest BCUT2D eigenvalue weighted by Gasteiger charge is 2.09. The minimum atomic E-state index is 0.643. The van der Waals surface area contributed by atoms with Gasteiger partial charge in [0, 0.05) is 10.5 Å². The van der Waals surface area contributed by atoms with Gasteiger partial charge in [-0.05, 0) is 29.6 Å². The normalized spacial score (nSPS) is 10.9. The number of benzene rings is 2. The Kier molecular flexibility index (Phi) is 2.65. The second-order valence-electron chi connectivity index (χ2n) is 3.76. The largest absolute Gasteiger partial charge is 0.436 e. The average Bonchev–Trinajstić information content (AvgIpc) is 2.74. The van der Waals surface area contributed by atoms with E-state index in [1.165, 1.54) is 0 Å². The zero-order chi connectivity index (χ0) is 11.8. The van der Waals surface area contributed by atoms with Gasteiger partial charge in [0.15, 0.2) is 5.58 Å². The van der Waals surface area contributed by atoms with Crippen LogP contribution in [0.4, 0.5) is 0 Å². The van der Waals surface area contributed by atoms with Crippen molar-refractivity contribution in [3.8, 4) is 11.5 Å². The standard InChI is InChI=1S/C13H10NOPS/c16-11-7-10-9(6-12(11)17)14-13(15-10)8-4-2-1-3-5-8/h1-7,17H,16H2. The van der Waals surface area contributed by atoms with Crippen molar-refractivity contribution in [2.24, 2.45) is 0 Å². The Bertz CT molecular complexity index is 639. The van der Waals surface area contributed by atoms with Crippen molar-refractivity contribution in [3.05, 3.63) is 42.5 Å². The summed E-state index contributed by atoms with van der Waals surface area (Å²) in [7, 11) is 2.63. The molecule has 0 bridgehead atoms. The predicted molar refractivity (Wildman–Crippen MR) is 76.0 cm³/mol. The first-order valence-electron chi connectivity index (χ1n) is 5.18. The summed E-state index contributed by atoms with van der Waals surface area (Å²) >= 11 is 4.37. The Morgan fingerprint density at radius 2 is 1.88 bits per heavy atom. The Labute approximate surface area is 107 Å². The molecule has 0 aliphatic rings. The molecule has 0 amide bonds. The highest BCUT2D eigenvalue weighted by Crippen LogP contribution is 2.25. The van der Waals surface area contributed by atoms with Gasteiger partial charge in [0.05, 0.1) is 0 Å². The molecule has 1 heterocycles. The van der Waals surface area contributed by atoms with Crippen molar-refractivity contribution < 1.29 is 4.42 Å². The smallest absolute Gasteiger partial charge is 0.227 e. The van der Waals surface area contributed by atoms with E-state index >= 15 is 0 Å². The lowest BCUT2D eigenvalue weighted by Gasteiger charge is -1.95. The number of aromatic nitrogens is 1. The van der Waals surface area contributed by atoms with E-state index in [1.54, 1.807) is 0 Å². The molecule has 1 atom stereocenters. The average molecular weight is 259 g/mol. The van der Waals surface area contributed by atoms with Crippen molar-refractivity contribution in [2.75, 3.05) is 0 Å². The fraction of sp³-hybridized carbons (Fsp3) is 0. The number of hydrogen-bond acceptors (Lipinski definition) is 3. The molecule has 0 aliphatic carbocycles. The summed E-state index contributed by atoms with van der Waals surface area (Å²) in [6.45, 7) is 0. The first-order chi connectivity index (χ1) is 8.24. The highest BCUT2D eigenvalue weighted by atomic mass is 32.1. The van der Waals surface area contributed by atoms with Crippen LogP contribution < -0.4 is 5.30 Å². The Balaban J connectivity index is 2.21. The quantitative estimate of drug-likeness (QED) is 0.536. The summed E-state index contributed by atoms with van der Waals surface area (Å²) in [5.41, 5.74) is 2.60. The fourth-order valence-corrected chi connectivity index (χ4v) is 2.10. The van der Waals surface area contributed by atoms with Crippen molar-refractivity contribution in [3.63, 3.8) is 0 Å². The third-order valence-electron chi connectivity index (χ3n) is 2.56. The van der Waals surface area contributed by atoms with E-state index in [-0.39, 0.29) is 0 Å². The van der Waals surface area contributed by atoms with Gasteiger partial charge >= 0.3 is 0 Å². The molecule has 0 saturated heterocycles. The minimum Gasteiger partial charge on any atom is -0.436 e. The van der Waals surface area contributed by atoms with Crippen LogP contribution in [0.15, 0.2) is 51.8 Å². The molecule has 4 heteroatoms. The molecule has 0 N–H and O–H groups in total. The molecule has 1 aromatic heterocycles. The molecule has 3 aromatic rings. The summed E-state index contributed by atoms with van der Waals surface area (Å²) in [4.78, 5) is 5.36. The third-order valence-corrected chi connectivity index (χ3v) is 3.67. The number of hydrogen-bond donors (Lipinski definition) is 1. The van der Waals surface area contributed by atoms with Gasteiger partial charge < -0.3 is 4.42 Å². The molecular formula is C13H10NOPS. The molecule has 2 nitrogen and oxygen atoms in total. The fourth-order valence-electron chi connectivity index (χ4n) is 1.68. The molecule has 0 spiro atoms. The molecule has 0 saturated carbocycles. The van der Waals surface area contributed by atoms with E-state index in [4.69, 9.17) is 4.42 Å². The van der Waals surface area contributed by atoms with Gasteiger partial charge in [-0.25, -0.2) is 4.98 Å². The molecule has 3 rings (SSSR count). The second kappa shape index (κ2) is 4.17. The van der Waals surface area contributed by atoms with E-state index in [2.05, 4.69) is 26.9 Å². The van der Waals surface area contributed by atoms with E-state index in [1.807, 2.05) is 42.5 Å². The summed E-state index contributed by atoms with van der Waals surface area (Å²) in [5.74, 6) is 0.643. The topological polar surface area (TPSA) is 26.0 Å². The first kappa shape index (κ1) is 10.8. The molecular weight excluding hydrogens is 249 g/mol. The van der Waals surface area contributed by atoms with Crippen molar-refractivity contribution in [1.82, 2.24) is 4.98 Å². The lowest BCUT2D eigenvalue weighted by atomic mass is 10.2. The van der Waals surface area contributed by atoms with Gasteiger partial charge in [0.25, 0.3) is 0 Å². The molecule has 2 aromatic carbocycles. The van der Waals surface area contributed by atoms with Gasteiger partial charge in [-0.1, -0.05) is 18.2 Å². The molecule has 0 fully saturated rings. The lowest BCUT2D eigenvalue weighted by Crippen LogP contribution is -1.91. The molecule has 1 unspecified atom stereocenters. The second-order valence-corrected chi connectivity index (χ2v) is 4.87. The number of thiol groups is 1. The maximum Gasteiger partial charge on any atom is 0.227 e. The number of oxazole rings is 1.